The van der Waals surface area contributed by atoms with E-state index in [9.17, 15) is 0 Å². The molecule has 3 heteroatoms. The highest BCUT2D eigenvalue weighted by Gasteiger charge is 2.18. The lowest BCUT2D eigenvalue weighted by Gasteiger charge is -2.26. The molecule has 11 rings (SSSR count). The van der Waals surface area contributed by atoms with Crippen molar-refractivity contribution in [1.82, 2.24) is 0 Å². The van der Waals surface area contributed by atoms with Crippen LogP contribution in [0.4, 0.5) is 17.1 Å². The van der Waals surface area contributed by atoms with Gasteiger partial charge in [0, 0.05) is 49.7 Å². The molecule has 0 aliphatic carbocycles. The van der Waals surface area contributed by atoms with Crippen LogP contribution in [0.1, 0.15) is 16.7 Å². The molecular formula is C57H41NO2. The summed E-state index contributed by atoms with van der Waals surface area (Å²) in [5, 5.41) is 4.52. The molecule has 9 aromatic carbocycles. The van der Waals surface area contributed by atoms with Crippen molar-refractivity contribution in [3.8, 4) is 44.5 Å². The SMILES string of the molecule is Cc1cc(C)cc(-c2ccc(C)c(-c3ccc(N(c4ccc(-c5cccc6c5oc5ccccc56)cc4)c4ccc(-c5cccc6c5oc5ccccc56)cc4)cc3)c2)c1. The van der Waals surface area contributed by atoms with Crippen molar-refractivity contribution in [1.29, 1.82) is 0 Å². The van der Waals surface area contributed by atoms with E-state index in [-0.39, 0.29) is 0 Å². The minimum Gasteiger partial charge on any atom is -0.455 e. The van der Waals surface area contributed by atoms with Crippen LogP contribution in [-0.2, 0) is 0 Å². The number of anilines is 3. The van der Waals surface area contributed by atoms with Crippen LogP contribution in [0.15, 0.2) is 203 Å². The molecule has 2 aromatic heterocycles. The van der Waals surface area contributed by atoms with E-state index in [1.165, 1.54) is 38.9 Å². The number of hydrogen-bond acceptors (Lipinski definition) is 3. The molecule has 0 bridgehead atoms. The minimum atomic E-state index is 0.901. The Hall–Kier alpha value is -7.62. The molecule has 0 radical (unpaired) electrons. The highest BCUT2D eigenvalue weighted by atomic mass is 16.3. The molecular weight excluding hydrogens is 731 g/mol. The Kier molecular flexibility index (Phi) is 8.49. The van der Waals surface area contributed by atoms with Crippen LogP contribution in [0.25, 0.3) is 88.4 Å². The van der Waals surface area contributed by atoms with E-state index in [0.29, 0.717) is 0 Å². The number of hydrogen-bond donors (Lipinski definition) is 0. The van der Waals surface area contributed by atoms with E-state index in [4.69, 9.17) is 8.83 Å². The van der Waals surface area contributed by atoms with Gasteiger partial charge >= 0.3 is 0 Å². The van der Waals surface area contributed by atoms with Gasteiger partial charge in [-0.1, -0.05) is 151 Å². The molecule has 60 heavy (non-hydrogen) atoms. The van der Waals surface area contributed by atoms with Gasteiger partial charge in [-0.05, 0) is 114 Å². The largest absolute Gasteiger partial charge is 0.455 e. The van der Waals surface area contributed by atoms with E-state index in [1.54, 1.807) is 0 Å². The Balaban J connectivity index is 0.991. The third kappa shape index (κ3) is 6.15. The molecule has 0 aliphatic heterocycles. The van der Waals surface area contributed by atoms with Gasteiger partial charge in [-0.2, -0.15) is 0 Å². The third-order valence-electron chi connectivity index (χ3n) is 11.9. The summed E-state index contributed by atoms with van der Waals surface area (Å²) in [7, 11) is 0. The predicted octanol–water partition coefficient (Wildman–Crippen LogP) is 16.5. The highest BCUT2D eigenvalue weighted by Crippen LogP contribution is 2.42. The number of benzene rings is 9. The predicted molar refractivity (Wildman–Crippen MR) is 252 cm³/mol. The van der Waals surface area contributed by atoms with Crippen LogP contribution < -0.4 is 4.90 Å². The second-order valence-corrected chi connectivity index (χ2v) is 15.9. The van der Waals surface area contributed by atoms with Gasteiger partial charge in [0.1, 0.15) is 22.3 Å². The first kappa shape index (κ1) is 35.5. The zero-order chi connectivity index (χ0) is 40.3. The number of fused-ring (bicyclic) bond motifs is 6. The first-order valence-corrected chi connectivity index (χ1v) is 20.6. The molecule has 0 unspecified atom stereocenters. The highest BCUT2D eigenvalue weighted by molar-refractivity contribution is 6.10. The molecule has 0 N–H and O–H groups in total. The molecule has 286 valence electrons. The monoisotopic (exact) mass is 771 g/mol. The van der Waals surface area contributed by atoms with Crippen molar-refractivity contribution in [3.05, 3.63) is 211 Å². The molecule has 11 aromatic rings. The zero-order valence-corrected chi connectivity index (χ0v) is 33.7. The minimum absolute atomic E-state index is 0.901. The van der Waals surface area contributed by atoms with E-state index < -0.39 is 0 Å². The van der Waals surface area contributed by atoms with Gasteiger partial charge in [-0.25, -0.2) is 0 Å². The molecule has 0 spiro atoms. The summed E-state index contributed by atoms with van der Waals surface area (Å²) in [4.78, 5) is 2.33. The smallest absolute Gasteiger partial charge is 0.143 e. The Morgan fingerprint density at radius 3 is 1.22 bits per heavy atom. The standard InChI is InChI=1S/C57H41NO2/c1-36-32-37(2)34-43(33-36)42-19-18-38(3)53(35-42)41-24-30-46(31-25-41)58(44-26-20-39(21-27-44)47-12-8-14-51-49-10-4-6-16-54(49)59-56(47)51)45-28-22-40(23-29-45)48-13-9-15-52-50-11-5-7-17-55(50)60-57(48)52/h4-35H,1-3H3. The van der Waals surface area contributed by atoms with Crippen LogP contribution >= 0.6 is 0 Å². The molecule has 0 aliphatic rings. The molecule has 0 saturated heterocycles. The fourth-order valence-electron chi connectivity index (χ4n) is 9.02. The lowest BCUT2D eigenvalue weighted by Crippen LogP contribution is -2.09. The van der Waals surface area contributed by atoms with E-state index >= 15 is 0 Å². The number of rotatable bonds is 7. The Labute approximate surface area is 349 Å². The average molecular weight is 772 g/mol. The van der Waals surface area contributed by atoms with Gasteiger partial charge in [0.25, 0.3) is 0 Å². The summed E-state index contributed by atoms with van der Waals surface area (Å²) in [6.45, 7) is 6.53. The fourth-order valence-corrected chi connectivity index (χ4v) is 9.02. The summed E-state index contributed by atoms with van der Waals surface area (Å²) in [5.41, 5.74) is 19.9. The number of furan rings is 2. The van der Waals surface area contributed by atoms with Crippen LogP contribution in [0.3, 0.4) is 0 Å². The van der Waals surface area contributed by atoms with E-state index in [2.05, 4.69) is 196 Å². The van der Waals surface area contributed by atoms with Crippen LogP contribution in [-0.4, -0.2) is 0 Å². The Morgan fingerprint density at radius 1 is 0.317 bits per heavy atom. The van der Waals surface area contributed by atoms with Crippen molar-refractivity contribution < 1.29 is 8.83 Å². The summed E-state index contributed by atoms with van der Waals surface area (Å²) in [5.74, 6) is 0. The molecule has 3 nitrogen and oxygen atoms in total. The number of para-hydroxylation sites is 4. The summed E-state index contributed by atoms with van der Waals surface area (Å²) < 4.78 is 12.9. The average Bonchev–Trinajstić information content (AvgIpc) is 3.86. The van der Waals surface area contributed by atoms with Gasteiger partial charge in [0.05, 0.1) is 0 Å². The van der Waals surface area contributed by atoms with Crippen molar-refractivity contribution >= 4 is 60.9 Å². The molecule has 0 amide bonds. The molecule has 2 heterocycles. The first-order valence-electron chi connectivity index (χ1n) is 20.6. The topological polar surface area (TPSA) is 29.5 Å². The fraction of sp³-hybridized carbons (Fsp3) is 0.0526. The first-order chi connectivity index (χ1) is 29.4. The van der Waals surface area contributed by atoms with Crippen molar-refractivity contribution in [2.24, 2.45) is 0 Å². The van der Waals surface area contributed by atoms with Crippen LogP contribution in [0, 0.1) is 20.8 Å². The lowest BCUT2D eigenvalue weighted by atomic mass is 9.94. The van der Waals surface area contributed by atoms with Crippen LogP contribution in [0.2, 0.25) is 0 Å². The normalized spacial score (nSPS) is 11.6. The molecule has 0 fully saturated rings. The maximum Gasteiger partial charge on any atom is 0.143 e. The van der Waals surface area contributed by atoms with Gasteiger partial charge in [0.2, 0.25) is 0 Å². The molecule has 0 atom stereocenters. The lowest BCUT2D eigenvalue weighted by molar-refractivity contribution is 0.669. The van der Waals surface area contributed by atoms with Crippen molar-refractivity contribution in [3.63, 3.8) is 0 Å². The van der Waals surface area contributed by atoms with Crippen molar-refractivity contribution in [2.45, 2.75) is 20.8 Å². The number of nitrogens with zero attached hydrogens (tertiary/aromatic N) is 1. The van der Waals surface area contributed by atoms with E-state index in [1.807, 2.05) is 24.3 Å². The van der Waals surface area contributed by atoms with Crippen LogP contribution in [0.5, 0.6) is 0 Å². The summed E-state index contributed by atoms with van der Waals surface area (Å²) in [6, 6.07) is 69.6. The third-order valence-corrected chi connectivity index (χ3v) is 11.9. The van der Waals surface area contributed by atoms with Crippen molar-refractivity contribution in [2.75, 3.05) is 4.90 Å². The summed E-state index contributed by atoms with van der Waals surface area (Å²) in [6.07, 6.45) is 0. The quantitative estimate of drug-likeness (QED) is 0.162. The maximum atomic E-state index is 6.43. The second kappa shape index (κ2) is 14.3. The maximum absolute atomic E-state index is 6.43. The Bertz CT molecular complexity index is 3210. The van der Waals surface area contributed by atoms with Gasteiger partial charge in [-0.15, -0.1) is 0 Å². The Morgan fingerprint density at radius 2 is 0.733 bits per heavy atom. The van der Waals surface area contributed by atoms with E-state index in [0.717, 1.165) is 83.2 Å². The zero-order valence-electron chi connectivity index (χ0n) is 33.7. The van der Waals surface area contributed by atoms with Gasteiger partial charge in [0.15, 0.2) is 0 Å². The summed E-state index contributed by atoms with van der Waals surface area (Å²) >= 11 is 0. The van der Waals surface area contributed by atoms with Gasteiger partial charge in [-0.3, -0.25) is 0 Å². The second-order valence-electron chi connectivity index (χ2n) is 15.9. The van der Waals surface area contributed by atoms with Gasteiger partial charge < -0.3 is 13.7 Å². The molecule has 0 saturated carbocycles. The number of aryl methyl sites for hydroxylation is 3.